The topological polar surface area (TPSA) is 110 Å². The molecular formula is C30H28F5N5O2S. The Morgan fingerprint density at radius 2 is 1.77 bits per heavy atom. The Balaban J connectivity index is 1.43. The molecule has 0 fully saturated rings. The van der Waals surface area contributed by atoms with Crippen molar-refractivity contribution in [1.82, 2.24) is 20.6 Å². The molecule has 0 atom stereocenters. The average molecular weight is 618 g/mol. The van der Waals surface area contributed by atoms with Gasteiger partial charge in [-0.05, 0) is 71.8 Å². The summed E-state index contributed by atoms with van der Waals surface area (Å²) in [6.45, 7) is 0.0806. The zero-order valence-electron chi connectivity index (χ0n) is 22.8. The van der Waals surface area contributed by atoms with Crippen molar-refractivity contribution in [3.8, 4) is 11.3 Å². The number of amides is 2. The number of halogens is 5. The third-order valence-corrected chi connectivity index (χ3v) is 7.74. The number of thiophene rings is 1. The van der Waals surface area contributed by atoms with E-state index in [1.807, 2.05) is 0 Å². The normalized spacial score (nSPS) is 12.1. The molecule has 4 aromatic rings. The second-order valence-corrected chi connectivity index (χ2v) is 10.9. The fourth-order valence-electron chi connectivity index (χ4n) is 4.25. The predicted molar refractivity (Wildman–Crippen MR) is 156 cm³/mol. The van der Waals surface area contributed by atoms with Gasteiger partial charge < -0.3 is 16.4 Å². The van der Waals surface area contributed by atoms with E-state index < -0.39 is 30.5 Å². The number of hydrogen-bond acceptors (Lipinski definition) is 6. The van der Waals surface area contributed by atoms with Crippen LogP contribution < -0.4 is 16.4 Å². The van der Waals surface area contributed by atoms with Gasteiger partial charge in [0.25, 0.3) is 0 Å². The molecule has 4 N–H and O–H groups in total. The minimum absolute atomic E-state index is 0.0208. The minimum Gasteiger partial charge on any atom is -0.384 e. The highest BCUT2D eigenvalue weighted by Gasteiger charge is 2.34. The molecule has 3 aromatic heterocycles. The molecule has 0 saturated carbocycles. The highest BCUT2D eigenvalue weighted by Crippen LogP contribution is 2.41. The number of anilines is 1. The lowest BCUT2D eigenvalue weighted by Gasteiger charge is -2.16. The number of hydrogen-bond donors (Lipinski definition) is 3. The van der Waals surface area contributed by atoms with E-state index in [1.54, 1.807) is 36.4 Å². The number of benzene rings is 1. The average Bonchev–Trinajstić information content (AvgIpc) is 3.38. The Morgan fingerprint density at radius 3 is 2.44 bits per heavy atom. The number of nitrogens with zero attached hydrogens (tertiary/aromatic N) is 2. The van der Waals surface area contributed by atoms with Crippen LogP contribution in [-0.2, 0) is 28.6 Å². The van der Waals surface area contributed by atoms with Crippen molar-refractivity contribution in [1.29, 1.82) is 0 Å². The quantitative estimate of drug-likeness (QED) is 0.0734. The van der Waals surface area contributed by atoms with Crippen LogP contribution in [0.4, 0.5) is 27.8 Å². The van der Waals surface area contributed by atoms with Crippen molar-refractivity contribution in [2.75, 3.05) is 18.8 Å². The molecular weight excluding hydrogens is 589 g/mol. The first-order valence-electron chi connectivity index (χ1n) is 13.2. The smallest absolute Gasteiger partial charge is 0.384 e. The molecule has 3 heterocycles. The maximum Gasteiger partial charge on any atom is 0.417 e. The molecule has 0 bridgehead atoms. The summed E-state index contributed by atoms with van der Waals surface area (Å²) < 4.78 is 70.2. The number of nitrogens with one attached hydrogen (secondary N) is 2. The van der Waals surface area contributed by atoms with Crippen LogP contribution in [0.5, 0.6) is 0 Å². The lowest BCUT2D eigenvalue weighted by Crippen LogP contribution is -2.24. The molecule has 0 radical (unpaired) electrons. The van der Waals surface area contributed by atoms with Crippen LogP contribution in [0.3, 0.4) is 0 Å². The van der Waals surface area contributed by atoms with E-state index in [1.165, 1.54) is 24.5 Å². The Labute approximate surface area is 248 Å². The SMILES string of the molecule is Nc1ccc(/C=C/C(=O)NCCc2cc3cc(-c4ccc(CCC(F)(F)CCNC=O)cn4)cc(C(F)(F)F)c3s2)cn1. The number of alkyl halides is 5. The van der Waals surface area contributed by atoms with E-state index in [2.05, 4.69) is 20.6 Å². The third kappa shape index (κ3) is 9.05. The van der Waals surface area contributed by atoms with Crippen LogP contribution in [0.2, 0.25) is 0 Å². The molecule has 2 amide bonds. The lowest BCUT2D eigenvalue weighted by atomic mass is 10.0. The highest BCUT2D eigenvalue weighted by atomic mass is 32.1. The fraction of sp³-hybridized carbons (Fsp3) is 0.267. The molecule has 226 valence electrons. The first kappa shape index (κ1) is 31.5. The van der Waals surface area contributed by atoms with Crippen molar-refractivity contribution in [3.63, 3.8) is 0 Å². The van der Waals surface area contributed by atoms with E-state index in [0.717, 1.165) is 17.4 Å². The summed E-state index contributed by atoms with van der Waals surface area (Å²) in [5.74, 6) is -2.98. The van der Waals surface area contributed by atoms with Crippen LogP contribution in [-0.4, -0.2) is 41.3 Å². The van der Waals surface area contributed by atoms with Gasteiger partial charge in [-0.1, -0.05) is 6.07 Å². The van der Waals surface area contributed by atoms with Crippen molar-refractivity contribution in [2.24, 2.45) is 0 Å². The van der Waals surface area contributed by atoms with Gasteiger partial charge in [0.2, 0.25) is 18.2 Å². The van der Waals surface area contributed by atoms with E-state index in [4.69, 9.17) is 5.73 Å². The van der Waals surface area contributed by atoms with Gasteiger partial charge in [0.05, 0.1) is 11.3 Å². The molecule has 0 aliphatic rings. The summed E-state index contributed by atoms with van der Waals surface area (Å²) in [6.07, 6.45) is 0.966. The standard InChI is InChI=1S/C30H28F5N5O2S/c31-29(32,10-12-37-18-41)9-7-20-1-4-25(39-16-20)21-13-22-14-23(43-28(22)24(15-21)30(33,34)35)8-11-38-27(42)6-3-19-2-5-26(36)40-17-19/h1-6,13-18H,7-12H2,(H2,36,40)(H,37,41)(H,38,42)/b6-3+. The molecule has 4 rings (SSSR count). The Hall–Kier alpha value is -4.39. The molecule has 0 saturated heterocycles. The van der Waals surface area contributed by atoms with Crippen LogP contribution in [0.25, 0.3) is 27.4 Å². The Morgan fingerprint density at radius 1 is 0.953 bits per heavy atom. The number of nitrogen functional groups attached to an aromatic ring is 1. The predicted octanol–water partition coefficient (Wildman–Crippen LogP) is 6.04. The molecule has 7 nitrogen and oxygen atoms in total. The molecule has 1 aromatic carbocycles. The number of pyridine rings is 2. The lowest BCUT2D eigenvalue weighted by molar-refractivity contribution is -0.136. The number of nitrogens with two attached hydrogens (primary N) is 1. The van der Waals surface area contributed by atoms with Gasteiger partial charge in [0, 0.05) is 59.5 Å². The molecule has 0 aliphatic heterocycles. The highest BCUT2D eigenvalue weighted by molar-refractivity contribution is 7.19. The number of aryl methyl sites for hydroxylation is 1. The summed E-state index contributed by atoms with van der Waals surface area (Å²) in [6, 6.07) is 10.7. The fourth-order valence-corrected chi connectivity index (χ4v) is 5.42. The molecule has 0 aliphatic carbocycles. The summed E-state index contributed by atoms with van der Waals surface area (Å²) in [5, 5.41) is 5.31. The van der Waals surface area contributed by atoms with Gasteiger partial charge in [0.15, 0.2) is 0 Å². The number of carbonyl (C=O) groups excluding carboxylic acids is 2. The van der Waals surface area contributed by atoms with E-state index >= 15 is 0 Å². The zero-order chi connectivity index (χ0) is 31.0. The first-order chi connectivity index (χ1) is 20.4. The van der Waals surface area contributed by atoms with Crippen molar-refractivity contribution >= 4 is 45.6 Å². The number of carbonyl (C=O) groups is 2. The van der Waals surface area contributed by atoms with Gasteiger partial charge in [-0.25, -0.2) is 13.8 Å². The third-order valence-electron chi connectivity index (χ3n) is 6.50. The van der Waals surface area contributed by atoms with Gasteiger partial charge in [-0.3, -0.25) is 14.6 Å². The minimum atomic E-state index is -4.61. The van der Waals surface area contributed by atoms with Gasteiger partial charge in [0.1, 0.15) is 5.82 Å². The van der Waals surface area contributed by atoms with Gasteiger partial charge in [-0.2, -0.15) is 13.2 Å². The maximum absolute atomic E-state index is 14.0. The van der Waals surface area contributed by atoms with Crippen molar-refractivity contribution in [3.05, 3.63) is 82.5 Å². The summed E-state index contributed by atoms with van der Waals surface area (Å²) in [7, 11) is 0. The van der Waals surface area contributed by atoms with E-state index in [0.29, 0.717) is 40.0 Å². The zero-order valence-corrected chi connectivity index (χ0v) is 23.6. The Bertz CT molecular complexity index is 1590. The molecule has 0 spiro atoms. The van der Waals surface area contributed by atoms with E-state index in [9.17, 15) is 31.5 Å². The first-order valence-corrected chi connectivity index (χ1v) is 14.1. The monoisotopic (exact) mass is 617 g/mol. The number of rotatable bonds is 13. The van der Waals surface area contributed by atoms with Crippen LogP contribution in [0.1, 0.15) is 34.4 Å². The van der Waals surface area contributed by atoms with Crippen LogP contribution in [0, 0.1) is 0 Å². The van der Waals surface area contributed by atoms with E-state index in [-0.39, 0.29) is 41.4 Å². The summed E-state index contributed by atoms with van der Waals surface area (Å²) in [5.41, 5.74) is 6.47. The number of aromatic nitrogens is 2. The second kappa shape index (κ2) is 13.7. The Kier molecular flexibility index (Phi) is 10.1. The largest absolute Gasteiger partial charge is 0.417 e. The van der Waals surface area contributed by atoms with Crippen LogP contribution in [0.15, 0.2) is 60.9 Å². The molecule has 0 unspecified atom stereocenters. The molecule has 43 heavy (non-hydrogen) atoms. The second-order valence-electron chi connectivity index (χ2n) is 9.77. The van der Waals surface area contributed by atoms with Crippen LogP contribution >= 0.6 is 11.3 Å². The summed E-state index contributed by atoms with van der Waals surface area (Å²) >= 11 is 1.01. The van der Waals surface area contributed by atoms with Crippen molar-refractivity contribution in [2.45, 2.75) is 37.8 Å². The maximum atomic E-state index is 14.0. The molecule has 13 heteroatoms. The van der Waals surface area contributed by atoms with Gasteiger partial charge >= 0.3 is 6.18 Å². The van der Waals surface area contributed by atoms with Crippen molar-refractivity contribution < 1.29 is 31.5 Å². The van der Waals surface area contributed by atoms with Gasteiger partial charge in [-0.15, -0.1) is 11.3 Å². The summed E-state index contributed by atoms with van der Waals surface area (Å²) in [4.78, 5) is 31.2. The number of fused-ring (bicyclic) bond motifs is 1.